The summed E-state index contributed by atoms with van der Waals surface area (Å²) in [6.45, 7) is 4.13. The molecule has 0 aliphatic carbocycles. The third-order valence-electron chi connectivity index (χ3n) is 4.75. The van der Waals surface area contributed by atoms with E-state index >= 15 is 0 Å². The van der Waals surface area contributed by atoms with Gasteiger partial charge >= 0.3 is 0 Å². The minimum Gasteiger partial charge on any atom is -0.350 e. The second-order valence-corrected chi connectivity index (χ2v) is 8.17. The van der Waals surface area contributed by atoms with Gasteiger partial charge in [-0.3, -0.25) is 9.78 Å². The summed E-state index contributed by atoms with van der Waals surface area (Å²) in [7, 11) is 1.81. The largest absolute Gasteiger partial charge is 0.350 e. The number of thiophene rings is 1. The van der Waals surface area contributed by atoms with Crippen LogP contribution >= 0.6 is 11.3 Å². The van der Waals surface area contributed by atoms with Crippen molar-refractivity contribution in [2.45, 2.75) is 13.8 Å². The van der Waals surface area contributed by atoms with Gasteiger partial charge in [-0.05, 0) is 49.7 Å². The molecular weight excluding hydrogens is 401 g/mol. The van der Waals surface area contributed by atoms with Gasteiger partial charge < -0.3 is 10.2 Å². The van der Waals surface area contributed by atoms with Crippen LogP contribution in [0.3, 0.4) is 0 Å². The predicted octanol–water partition coefficient (Wildman–Crippen LogP) is 4.58. The fraction of sp³-hybridized carbons (Fsp3) is 0.182. The molecule has 0 radical (unpaired) electrons. The monoisotopic (exact) mass is 421 g/mol. The highest BCUT2D eigenvalue weighted by Gasteiger charge is 2.20. The smallest absolute Gasteiger partial charge is 0.243 e. The van der Waals surface area contributed by atoms with Gasteiger partial charge in [0.15, 0.2) is 5.82 Å². The maximum atomic E-state index is 13.4. The first-order valence-corrected chi connectivity index (χ1v) is 10.2. The maximum absolute atomic E-state index is 13.4. The standard InChI is InChI=1S/C22H20FN5OS/c1-13-14(2)30-22-19(13)21(26-20(27-22)17-9-4-5-10-24-17)28(3)12-18(29)25-16-8-6-7-15(23)11-16/h4-11H,12H2,1-3H3,(H,25,29). The number of hydrogen-bond donors (Lipinski definition) is 1. The van der Waals surface area contributed by atoms with Gasteiger partial charge in [-0.1, -0.05) is 12.1 Å². The number of hydrogen-bond acceptors (Lipinski definition) is 6. The molecule has 1 aromatic carbocycles. The Morgan fingerprint density at radius 3 is 2.73 bits per heavy atom. The molecule has 0 unspecified atom stereocenters. The molecular formula is C22H20FN5OS. The van der Waals surface area contributed by atoms with Crippen LogP contribution in [0, 0.1) is 19.7 Å². The average Bonchev–Trinajstić information content (AvgIpc) is 3.01. The Labute approximate surface area is 177 Å². The van der Waals surface area contributed by atoms with Crippen LogP contribution in [0.4, 0.5) is 15.9 Å². The summed E-state index contributed by atoms with van der Waals surface area (Å²) in [6, 6.07) is 11.4. The molecule has 4 aromatic rings. The number of likely N-dealkylation sites (N-methyl/N-ethyl adjacent to an activating group) is 1. The highest BCUT2D eigenvalue weighted by molar-refractivity contribution is 7.18. The number of carbonyl (C=O) groups excluding carboxylic acids is 1. The molecule has 8 heteroatoms. The van der Waals surface area contributed by atoms with E-state index in [0.717, 1.165) is 20.7 Å². The minimum absolute atomic E-state index is 0.0542. The van der Waals surface area contributed by atoms with Crippen LogP contribution in [0.2, 0.25) is 0 Å². The Morgan fingerprint density at radius 1 is 1.17 bits per heavy atom. The number of halogens is 1. The molecule has 0 bridgehead atoms. The molecule has 3 aromatic heterocycles. The number of rotatable bonds is 5. The lowest BCUT2D eigenvalue weighted by Gasteiger charge is -2.20. The van der Waals surface area contributed by atoms with E-state index < -0.39 is 5.82 Å². The van der Waals surface area contributed by atoms with E-state index in [1.54, 1.807) is 34.6 Å². The van der Waals surface area contributed by atoms with Crippen LogP contribution in [0.5, 0.6) is 0 Å². The van der Waals surface area contributed by atoms with Gasteiger partial charge in [-0.15, -0.1) is 11.3 Å². The summed E-state index contributed by atoms with van der Waals surface area (Å²) in [4.78, 5) is 30.1. The number of amides is 1. The number of carbonyl (C=O) groups is 1. The topological polar surface area (TPSA) is 71.0 Å². The lowest BCUT2D eigenvalue weighted by molar-refractivity contribution is -0.114. The van der Waals surface area contributed by atoms with E-state index in [2.05, 4.69) is 10.3 Å². The van der Waals surface area contributed by atoms with Crippen LogP contribution in [0.1, 0.15) is 10.4 Å². The van der Waals surface area contributed by atoms with E-state index in [1.807, 2.05) is 39.1 Å². The van der Waals surface area contributed by atoms with Gasteiger partial charge in [0, 0.05) is 23.8 Å². The highest BCUT2D eigenvalue weighted by Crippen LogP contribution is 2.36. The average molecular weight is 422 g/mol. The Morgan fingerprint density at radius 2 is 2.00 bits per heavy atom. The van der Waals surface area contributed by atoms with Crippen molar-refractivity contribution in [1.82, 2.24) is 15.0 Å². The first-order valence-electron chi connectivity index (χ1n) is 9.38. The van der Waals surface area contributed by atoms with Gasteiger partial charge in [0.25, 0.3) is 0 Å². The Kier molecular flexibility index (Phi) is 5.41. The molecule has 4 rings (SSSR count). The first kappa shape index (κ1) is 19.9. The molecule has 152 valence electrons. The summed E-state index contributed by atoms with van der Waals surface area (Å²) in [6.07, 6.45) is 1.70. The van der Waals surface area contributed by atoms with Crippen LogP contribution in [-0.4, -0.2) is 34.5 Å². The van der Waals surface area contributed by atoms with Crippen molar-refractivity contribution in [2.24, 2.45) is 0 Å². The summed E-state index contributed by atoms with van der Waals surface area (Å²) in [5, 5.41) is 3.65. The Bertz CT molecular complexity index is 1230. The normalized spacial score (nSPS) is 10.9. The van der Waals surface area contributed by atoms with Gasteiger partial charge in [0.1, 0.15) is 22.2 Å². The van der Waals surface area contributed by atoms with Crippen LogP contribution < -0.4 is 10.2 Å². The summed E-state index contributed by atoms with van der Waals surface area (Å²) < 4.78 is 13.4. The van der Waals surface area contributed by atoms with Crippen molar-refractivity contribution < 1.29 is 9.18 Å². The molecule has 0 aliphatic rings. The number of aromatic nitrogens is 3. The number of nitrogens with one attached hydrogen (secondary N) is 1. The predicted molar refractivity (Wildman–Crippen MR) is 118 cm³/mol. The lowest BCUT2D eigenvalue weighted by Crippen LogP contribution is -2.31. The number of aryl methyl sites for hydroxylation is 2. The number of benzene rings is 1. The fourth-order valence-corrected chi connectivity index (χ4v) is 4.20. The van der Waals surface area contributed by atoms with Gasteiger partial charge in [0.2, 0.25) is 5.91 Å². The number of pyridine rings is 1. The zero-order chi connectivity index (χ0) is 21.3. The lowest BCUT2D eigenvalue weighted by atomic mass is 10.2. The maximum Gasteiger partial charge on any atom is 0.243 e. The van der Waals surface area contributed by atoms with E-state index in [-0.39, 0.29) is 12.5 Å². The zero-order valence-electron chi connectivity index (χ0n) is 16.8. The molecule has 0 saturated heterocycles. The van der Waals surface area contributed by atoms with Crippen molar-refractivity contribution in [3.8, 4) is 11.5 Å². The molecule has 0 saturated carbocycles. The third-order valence-corrected chi connectivity index (χ3v) is 5.86. The zero-order valence-corrected chi connectivity index (χ0v) is 17.6. The minimum atomic E-state index is -0.400. The second kappa shape index (κ2) is 8.16. The van der Waals surface area contributed by atoms with Crippen molar-refractivity contribution in [3.05, 3.63) is 64.9 Å². The summed E-state index contributed by atoms with van der Waals surface area (Å²) in [5.41, 5.74) is 2.18. The van der Waals surface area contributed by atoms with Crippen molar-refractivity contribution >= 4 is 39.0 Å². The number of fused-ring (bicyclic) bond motifs is 1. The second-order valence-electron chi connectivity index (χ2n) is 6.96. The van der Waals surface area contributed by atoms with E-state index in [4.69, 9.17) is 9.97 Å². The molecule has 0 atom stereocenters. The van der Waals surface area contributed by atoms with Crippen LogP contribution in [0.15, 0.2) is 48.7 Å². The van der Waals surface area contributed by atoms with E-state index in [0.29, 0.717) is 23.0 Å². The number of nitrogens with zero attached hydrogens (tertiary/aromatic N) is 4. The Hall–Kier alpha value is -3.39. The first-order chi connectivity index (χ1) is 14.4. The van der Waals surface area contributed by atoms with E-state index in [9.17, 15) is 9.18 Å². The molecule has 3 heterocycles. The van der Waals surface area contributed by atoms with Gasteiger partial charge in [-0.25, -0.2) is 14.4 Å². The highest BCUT2D eigenvalue weighted by atomic mass is 32.1. The molecule has 0 fully saturated rings. The summed E-state index contributed by atoms with van der Waals surface area (Å²) >= 11 is 1.59. The molecule has 0 aliphatic heterocycles. The molecule has 6 nitrogen and oxygen atoms in total. The fourth-order valence-electron chi connectivity index (χ4n) is 3.17. The quantitative estimate of drug-likeness (QED) is 0.511. The third kappa shape index (κ3) is 3.99. The van der Waals surface area contributed by atoms with Crippen molar-refractivity contribution in [3.63, 3.8) is 0 Å². The van der Waals surface area contributed by atoms with Gasteiger partial charge in [0.05, 0.1) is 11.9 Å². The molecule has 1 amide bonds. The molecule has 30 heavy (non-hydrogen) atoms. The number of anilines is 2. The Balaban J connectivity index is 1.68. The van der Waals surface area contributed by atoms with Crippen molar-refractivity contribution in [1.29, 1.82) is 0 Å². The SMILES string of the molecule is Cc1sc2nc(-c3ccccn3)nc(N(C)CC(=O)Nc3cccc(F)c3)c2c1C. The molecule has 0 spiro atoms. The van der Waals surface area contributed by atoms with E-state index in [1.165, 1.54) is 12.1 Å². The van der Waals surface area contributed by atoms with Crippen LogP contribution in [0.25, 0.3) is 21.7 Å². The molecule has 1 N–H and O–H groups in total. The van der Waals surface area contributed by atoms with Gasteiger partial charge in [-0.2, -0.15) is 0 Å². The van der Waals surface area contributed by atoms with Crippen molar-refractivity contribution in [2.75, 3.05) is 23.8 Å². The summed E-state index contributed by atoms with van der Waals surface area (Å²) in [5.74, 6) is 0.510. The van der Waals surface area contributed by atoms with Crippen LogP contribution in [-0.2, 0) is 4.79 Å².